The third-order valence-corrected chi connectivity index (χ3v) is 7.72. The van der Waals surface area contributed by atoms with Crippen molar-refractivity contribution < 1.29 is 17.6 Å². The van der Waals surface area contributed by atoms with Crippen molar-refractivity contribution >= 4 is 27.0 Å². The van der Waals surface area contributed by atoms with Crippen LogP contribution in [0.15, 0.2) is 56.6 Å². The molecular weight excluding hydrogens is 444 g/mol. The quantitative estimate of drug-likeness (QED) is 0.568. The number of nitrogens with zero attached hydrogens (tertiary/aromatic N) is 3. The zero-order valence-corrected chi connectivity index (χ0v) is 19.0. The number of nitrogens with one attached hydrogen (secondary N) is 1. The van der Waals surface area contributed by atoms with Crippen LogP contribution in [0.1, 0.15) is 43.4 Å². The van der Waals surface area contributed by atoms with Gasteiger partial charge in [-0.05, 0) is 49.6 Å². The number of nitriles is 1. The molecule has 0 spiro atoms. The van der Waals surface area contributed by atoms with Crippen LogP contribution in [0, 0.1) is 11.3 Å². The maximum atomic E-state index is 12.8. The molecule has 4 rings (SSSR count). The first-order chi connectivity index (χ1) is 15.8. The van der Waals surface area contributed by atoms with E-state index in [1.165, 1.54) is 21.0 Å². The number of fused-ring (bicyclic) bond motifs is 1. The lowest BCUT2D eigenvalue weighted by molar-refractivity contribution is -0.121. The minimum Gasteiger partial charge on any atom is -0.408 e. The summed E-state index contributed by atoms with van der Waals surface area (Å²) in [5.41, 5.74) is 2.01. The summed E-state index contributed by atoms with van der Waals surface area (Å²) in [7, 11) is -3.62. The van der Waals surface area contributed by atoms with Crippen molar-refractivity contribution in [3.63, 3.8) is 0 Å². The Morgan fingerprint density at radius 2 is 1.88 bits per heavy atom. The van der Waals surface area contributed by atoms with E-state index in [-0.39, 0.29) is 35.4 Å². The second-order valence-corrected chi connectivity index (χ2v) is 9.97. The smallest absolute Gasteiger partial charge is 0.408 e. The summed E-state index contributed by atoms with van der Waals surface area (Å²) >= 11 is 0. The monoisotopic (exact) mass is 468 g/mol. The maximum Gasteiger partial charge on any atom is 0.419 e. The van der Waals surface area contributed by atoms with Gasteiger partial charge in [0.05, 0.1) is 28.1 Å². The van der Waals surface area contributed by atoms with Gasteiger partial charge in [-0.15, -0.1) is 0 Å². The van der Waals surface area contributed by atoms with Gasteiger partial charge in [-0.2, -0.15) is 9.57 Å². The lowest BCUT2D eigenvalue weighted by Crippen LogP contribution is -2.28. The number of carbonyl (C=O) groups is 1. The van der Waals surface area contributed by atoms with E-state index < -0.39 is 15.8 Å². The van der Waals surface area contributed by atoms with Gasteiger partial charge in [-0.25, -0.2) is 13.2 Å². The standard InChI is InChI=1S/C23H24N4O5S/c1-16(18-6-4-17(15-24)5-7-18)25-22(28)10-13-27-20-9-8-19(14-21(20)32-23(27)29)33(30,31)26-11-2-3-12-26/h4-9,14,16H,2-3,10-13H2,1H3,(H,25,28). The van der Waals surface area contributed by atoms with Crippen molar-refractivity contribution in [1.82, 2.24) is 14.2 Å². The van der Waals surface area contributed by atoms with Crippen LogP contribution in [0.3, 0.4) is 0 Å². The molecule has 1 aromatic heterocycles. The number of amides is 1. The van der Waals surface area contributed by atoms with Gasteiger partial charge < -0.3 is 9.73 Å². The lowest BCUT2D eigenvalue weighted by Gasteiger charge is -2.15. The van der Waals surface area contributed by atoms with E-state index in [9.17, 15) is 18.0 Å². The van der Waals surface area contributed by atoms with Crippen LogP contribution in [0.5, 0.6) is 0 Å². The molecule has 0 radical (unpaired) electrons. The van der Waals surface area contributed by atoms with E-state index in [1.54, 1.807) is 30.3 Å². The van der Waals surface area contributed by atoms with Gasteiger partial charge in [-0.1, -0.05) is 12.1 Å². The number of hydrogen-bond donors (Lipinski definition) is 1. The van der Waals surface area contributed by atoms with Gasteiger partial charge in [0.15, 0.2) is 5.58 Å². The summed E-state index contributed by atoms with van der Waals surface area (Å²) in [5, 5.41) is 11.8. The number of aromatic nitrogens is 1. The molecule has 1 aliphatic heterocycles. The fourth-order valence-corrected chi connectivity index (χ4v) is 5.49. The molecule has 1 fully saturated rings. The maximum absolute atomic E-state index is 12.8. The highest BCUT2D eigenvalue weighted by Gasteiger charge is 2.28. The SMILES string of the molecule is CC(NC(=O)CCn1c(=O)oc2cc(S(=O)(=O)N3CCCC3)ccc21)c1ccc(C#N)cc1. The van der Waals surface area contributed by atoms with Gasteiger partial charge in [0.1, 0.15) is 0 Å². The van der Waals surface area contributed by atoms with Crippen molar-refractivity contribution in [2.24, 2.45) is 0 Å². The average molecular weight is 469 g/mol. The van der Waals surface area contributed by atoms with Crippen LogP contribution in [0.2, 0.25) is 0 Å². The highest BCUT2D eigenvalue weighted by molar-refractivity contribution is 7.89. The molecule has 10 heteroatoms. The number of oxazole rings is 1. The predicted molar refractivity (Wildman–Crippen MR) is 121 cm³/mol. The van der Waals surface area contributed by atoms with Crippen molar-refractivity contribution in [3.05, 3.63) is 64.1 Å². The summed E-state index contributed by atoms with van der Waals surface area (Å²) in [4.78, 5) is 24.9. The summed E-state index contributed by atoms with van der Waals surface area (Å²) < 4.78 is 33.6. The number of carbonyl (C=O) groups excluding carboxylic acids is 1. The van der Waals surface area contributed by atoms with Gasteiger partial charge >= 0.3 is 5.76 Å². The highest BCUT2D eigenvalue weighted by atomic mass is 32.2. The molecule has 1 aliphatic rings. The van der Waals surface area contributed by atoms with E-state index in [2.05, 4.69) is 11.4 Å². The normalized spacial score (nSPS) is 15.4. The first-order valence-electron chi connectivity index (χ1n) is 10.7. The summed E-state index contributed by atoms with van der Waals surface area (Å²) in [6.07, 6.45) is 1.71. The van der Waals surface area contributed by atoms with Crippen molar-refractivity contribution in [1.29, 1.82) is 5.26 Å². The Kier molecular flexibility index (Phi) is 6.35. The van der Waals surface area contributed by atoms with Gasteiger partial charge in [0.2, 0.25) is 15.9 Å². The summed E-state index contributed by atoms with van der Waals surface area (Å²) in [5.74, 6) is -0.894. The molecule has 2 aromatic carbocycles. The minimum absolute atomic E-state index is 0.0446. The van der Waals surface area contributed by atoms with Crippen LogP contribution in [0.25, 0.3) is 11.1 Å². The molecule has 0 aliphatic carbocycles. The van der Waals surface area contributed by atoms with Crippen LogP contribution in [-0.4, -0.2) is 36.3 Å². The van der Waals surface area contributed by atoms with E-state index in [1.807, 2.05) is 6.92 Å². The molecule has 1 amide bonds. The molecule has 1 N–H and O–H groups in total. The second kappa shape index (κ2) is 9.21. The van der Waals surface area contributed by atoms with Crippen molar-refractivity contribution in [3.8, 4) is 6.07 Å². The molecule has 0 saturated carbocycles. The van der Waals surface area contributed by atoms with Gasteiger partial charge in [-0.3, -0.25) is 9.36 Å². The zero-order valence-electron chi connectivity index (χ0n) is 18.2. The fourth-order valence-electron chi connectivity index (χ4n) is 3.95. The summed E-state index contributed by atoms with van der Waals surface area (Å²) in [6.45, 7) is 2.90. The Bertz CT molecular complexity index is 1380. The van der Waals surface area contributed by atoms with E-state index in [4.69, 9.17) is 9.68 Å². The number of rotatable bonds is 7. The first kappa shape index (κ1) is 22.8. The molecule has 1 unspecified atom stereocenters. The Hall–Kier alpha value is -3.42. The molecule has 3 aromatic rings. The number of hydrogen-bond acceptors (Lipinski definition) is 6. The summed E-state index contributed by atoms with van der Waals surface area (Å²) in [6, 6.07) is 13.1. The fraction of sp³-hybridized carbons (Fsp3) is 0.348. The van der Waals surface area contributed by atoms with E-state index in [0.29, 0.717) is 24.2 Å². The van der Waals surface area contributed by atoms with Gasteiger partial charge in [0.25, 0.3) is 0 Å². The topological polar surface area (TPSA) is 125 Å². The molecule has 1 saturated heterocycles. The Morgan fingerprint density at radius 3 is 2.55 bits per heavy atom. The van der Waals surface area contributed by atoms with E-state index >= 15 is 0 Å². The molecule has 1 atom stereocenters. The van der Waals surface area contributed by atoms with Crippen LogP contribution < -0.4 is 11.1 Å². The average Bonchev–Trinajstić information content (AvgIpc) is 3.45. The number of benzene rings is 2. The first-order valence-corrected chi connectivity index (χ1v) is 12.2. The molecule has 2 heterocycles. The molecular formula is C23H24N4O5S. The number of aryl methyl sites for hydroxylation is 1. The Morgan fingerprint density at radius 1 is 1.18 bits per heavy atom. The molecule has 172 valence electrons. The third-order valence-electron chi connectivity index (χ3n) is 5.82. The highest BCUT2D eigenvalue weighted by Crippen LogP contribution is 2.24. The second-order valence-electron chi connectivity index (χ2n) is 8.03. The zero-order chi connectivity index (χ0) is 23.6. The number of sulfonamides is 1. The van der Waals surface area contributed by atoms with Crippen LogP contribution in [0.4, 0.5) is 0 Å². The van der Waals surface area contributed by atoms with E-state index in [0.717, 1.165) is 18.4 Å². The third kappa shape index (κ3) is 4.69. The Balaban J connectivity index is 1.45. The largest absolute Gasteiger partial charge is 0.419 e. The van der Waals surface area contributed by atoms with Gasteiger partial charge in [0, 0.05) is 32.1 Å². The molecule has 9 nitrogen and oxygen atoms in total. The minimum atomic E-state index is -3.62. The Labute approximate surface area is 191 Å². The van der Waals surface area contributed by atoms with Crippen LogP contribution >= 0.6 is 0 Å². The van der Waals surface area contributed by atoms with Crippen LogP contribution in [-0.2, 0) is 21.4 Å². The van der Waals surface area contributed by atoms with Crippen molar-refractivity contribution in [2.45, 2.75) is 43.7 Å². The molecule has 0 bridgehead atoms. The molecule has 33 heavy (non-hydrogen) atoms. The lowest BCUT2D eigenvalue weighted by atomic mass is 10.1. The predicted octanol–water partition coefficient (Wildman–Crippen LogP) is 2.52. The van der Waals surface area contributed by atoms with Crippen molar-refractivity contribution in [2.75, 3.05) is 13.1 Å².